The molecule has 0 radical (unpaired) electrons. The quantitative estimate of drug-likeness (QED) is 0.426. The molecule has 3 heterocycles. The van der Waals surface area contributed by atoms with Gasteiger partial charge >= 0.3 is 0 Å². The van der Waals surface area contributed by atoms with Gasteiger partial charge in [0.05, 0.1) is 18.2 Å². The number of anilines is 1. The fraction of sp³-hybridized carbons (Fsp3) is 0.321. The Hall–Kier alpha value is -3.03. The number of nitrogens with zero attached hydrogens (tertiary/aromatic N) is 3. The first-order chi connectivity index (χ1) is 15.7. The third-order valence-corrected chi connectivity index (χ3v) is 7.23. The van der Waals surface area contributed by atoms with Gasteiger partial charge < -0.3 is 9.80 Å². The fourth-order valence-corrected chi connectivity index (χ4v) is 5.44. The summed E-state index contributed by atoms with van der Waals surface area (Å²) in [6.07, 6.45) is 8.06. The minimum Gasteiger partial charge on any atom is -0.375 e. The van der Waals surface area contributed by atoms with Gasteiger partial charge in [-0.3, -0.25) is 0 Å². The maximum atomic E-state index is 9.53. The predicted octanol–water partition coefficient (Wildman–Crippen LogP) is 7.32. The fourth-order valence-electron chi connectivity index (χ4n) is 4.39. The highest BCUT2D eigenvalue weighted by atomic mass is 32.1. The normalized spacial score (nSPS) is 16.1. The molecule has 0 spiro atoms. The highest BCUT2D eigenvalue weighted by Gasteiger charge is 2.15. The average Bonchev–Trinajstić information content (AvgIpc) is 3.35. The zero-order chi connectivity index (χ0) is 22.5. The SMILES string of the molecule is CC.CN1C=CC(c2ccc(-c3ccc4cc(N5CCCCC5)ccc4c3)s2)=C(C#N)C1. The van der Waals surface area contributed by atoms with Crippen LogP contribution in [-0.2, 0) is 0 Å². The zero-order valence-corrected chi connectivity index (χ0v) is 20.1. The van der Waals surface area contributed by atoms with Crippen molar-refractivity contribution in [2.24, 2.45) is 0 Å². The molecule has 164 valence electrons. The van der Waals surface area contributed by atoms with Crippen LogP contribution in [0.2, 0.25) is 0 Å². The van der Waals surface area contributed by atoms with Gasteiger partial charge in [0.25, 0.3) is 0 Å². The molecule has 3 nitrogen and oxygen atoms in total. The summed E-state index contributed by atoms with van der Waals surface area (Å²) in [6, 6.07) is 20.3. The second-order valence-electron chi connectivity index (χ2n) is 8.19. The standard InChI is InChI=1S/C26H25N3S.C2H6/c1-28-14-11-24(22(17-27)18-28)26-10-9-25(30-26)21-6-5-20-16-23(8-7-19(20)15-21)29-12-3-2-4-13-29;1-2/h5-11,14-16H,2-4,12-13,18H2,1H3;1-2H3. The molecular formula is C28H31N3S. The van der Waals surface area contributed by atoms with Crippen LogP contribution < -0.4 is 4.90 Å². The van der Waals surface area contributed by atoms with Crippen LogP contribution in [0.4, 0.5) is 5.69 Å². The summed E-state index contributed by atoms with van der Waals surface area (Å²) in [5.41, 5.74) is 4.47. The molecule has 1 aromatic heterocycles. The summed E-state index contributed by atoms with van der Waals surface area (Å²) < 4.78 is 0. The molecule has 1 fully saturated rings. The summed E-state index contributed by atoms with van der Waals surface area (Å²) in [6.45, 7) is 7.02. The van der Waals surface area contributed by atoms with Crippen LogP contribution in [-0.4, -0.2) is 31.6 Å². The van der Waals surface area contributed by atoms with Crippen LogP contribution in [0.15, 0.2) is 66.4 Å². The number of benzene rings is 2. The second-order valence-corrected chi connectivity index (χ2v) is 9.28. The number of piperidine rings is 1. The van der Waals surface area contributed by atoms with Gasteiger partial charge in [-0.25, -0.2) is 0 Å². The van der Waals surface area contributed by atoms with Gasteiger partial charge in [0.2, 0.25) is 0 Å². The largest absolute Gasteiger partial charge is 0.375 e. The lowest BCUT2D eigenvalue weighted by molar-refractivity contribution is 0.498. The zero-order valence-electron chi connectivity index (χ0n) is 19.3. The van der Waals surface area contributed by atoms with Crippen LogP contribution in [0, 0.1) is 11.3 Å². The number of rotatable bonds is 3. The van der Waals surface area contributed by atoms with E-state index in [-0.39, 0.29) is 0 Å². The molecule has 3 aromatic rings. The Morgan fingerprint density at radius 1 is 0.875 bits per heavy atom. The minimum absolute atomic E-state index is 0.672. The molecule has 0 aliphatic carbocycles. The van der Waals surface area contributed by atoms with Crippen molar-refractivity contribution >= 4 is 33.4 Å². The van der Waals surface area contributed by atoms with Gasteiger partial charge in [-0.15, -0.1) is 11.3 Å². The summed E-state index contributed by atoms with van der Waals surface area (Å²) in [5, 5.41) is 12.1. The monoisotopic (exact) mass is 441 g/mol. The van der Waals surface area contributed by atoms with Gasteiger partial charge in [-0.1, -0.05) is 32.0 Å². The van der Waals surface area contributed by atoms with E-state index in [1.54, 1.807) is 11.3 Å². The van der Waals surface area contributed by atoms with Crippen molar-refractivity contribution < 1.29 is 0 Å². The third-order valence-electron chi connectivity index (χ3n) is 6.06. The van der Waals surface area contributed by atoms with E-state index in [1.807, 2.05) is 32.0 Å². The van der Waals surface area contributed by atoms with E-state index in [0.29, 0.717) is 6.54 Å². The molecule has 0 saturated carbocycles. The molecule has 2 aliphatic heterocycles. The Balaban J connectivity index is 0.00000119. The maximum Gasteiger partial charge on any atom is 0.0972 e. The van der Waals surface area contributed by atoms with Gasteiger partial charge in [0, 0.05) is 41.2 Å². The summed E-state index contributed by atoms with van der Waals surface area (Å²) in [7, 11) is 2.00. The van der Waals surface area contributed by atoms with Crippen LogP contribution >= 0.6 is 11.3 Å². The Morgan fingerprint density at radius 2 is 1.59 bits per heavy atom. The predicted molar refractivity (Wildman–Crippen MR) is 139 cm³/mol. The molecular weight excluding hydrogens is 410 g/mol. The molecule has 0 amide bonds. The van der Waals surface area contributed by atoms with Gasteiger partial charge in [-0.05, 0) is 78.2 Å². The van der Waals surface area contributed by atoms with Crippen molar-refractivity contribution in [2.75, 3.05) is 31.6 Å². The number of allylic oxidation sites excluding steroid dienone is 2. The van der Waals surface area contributed by atoms with Crippen molar-refractivity contribution in [3.63, 3.8) is 0 Å². The average molecular weight is 442 g/mol. The third kappa shape index (κ3) is 4.59. The molecule has 0 unspecified atom stereocenters. The maximum absolute atomic E-state index is 9.53. The molecule has 0 atom stereocenters. The van der Waals surface area contributed by atoms with Crippen LogP contribution in [0.5, 0.6) is 0 Å². The van der Waals surface area contributed by atoms with Crippen LogP contribution in [0.25, 0.3) is 26.8 Å². The lowest BCUT2D eigenvalue weighted by Gasteiger charge is -2.29. The summed E-state index contributed by atoms with van der Waals surface area (Å²) >= 11 is 1.76. The number of nitriles is 1. The van der Waals surface area contributed by atoms with E-state index in [9.17, 15) is 5.26 Å². The van der Waals surface area contributed by atoms with Crippen LogP contribution in [0.3, 0.4) is 0 Å². The highest BCUT2D eigenvalue weighted by Crippen LogP contribution is 2.36. The Labute approximate surface area is 195 Å². The van der Waals surface area contributed by atoms with E-state index in [2.05, 4.69) is 65.6 Å². The molecule has 4 heteroatoms. The van der Waals surface area contributed by atoms with E-state index in [1.165, 1.54) is 59.3 Å². The molecule has 2 aliphatic rings. The number of thiophene rings is 1. The molecule has 32 heavy (non-hydrogen) atoms. The number of fused-ring (bicyclic) bond motifs is 1. The minimum atomic E-state index is 0.672. The van der Waals surface area contributed by atoms with E-state index in [4.69, 9.17) is 0 Å². The summed E-state index contributed by atoms with van der Waals surface area (Å²) in [4.78, 5) is 6.95. The van der Waals surface area contributed by atoms with Gasteiger partial charge in [0.15, 0.2) is 0 Å². The first kappa shape index (κ1) is 22.2. The van der Waals surface area contributed by atoms with Crippen molar-refractivity contribution in [3.8, 4) is 16.5 Å². The molecule has 2 aromatic carbocycles. The van der Waals surface area contributed by atoms with Gasteiger partial charge in [-0.2, -0.15) is 5.26 Å². The van der Waals surface area contributed by atoms with Crippen LogP contribution in [0.1, 0.15) is 38.0 Å². The molecule has 5 rings (SSSR count). The molecule has 0 N–H and O–H groups in total. The topological polar surface area (TPSA) is 30.3 Å². The number of hydrogen-bond donors (Lipinski definition) is 0. The first-order valence-electron chi connectivity index (χ1n) is 11.6. The summed E-state index contributed by atoms with van der Waals surface area (Å²) in [5.74, 6) is 0. The first-order valence-corrected chi connectivity index (χ1v) is 12.4. The Morgan fingerprint density at radius 3 is 2.38 bits per heavy atom. The number of hydrogen-bond acceptors (Lipinski definition) is 4. The Bertz CT molecular complexity index is 1190. The van der Waals surface area contributed by atoms with E-state index < -0.39 is 0 Å². The highest BCUT2D eigenvalue weighted by molar-refractivity contribution is 7.16. The molecule has 1 saturated heterocycles. The van der Waals surface area contributed by atoms with Crippen molar-refractivity contribution in [1.82, 2.24) is 4.90 Å². The van der Waals surface area contributed by atoms with E-state index in [0.717, 1.165) is 16.0 Å². The second kappa shape index (κ2) is 10.1. The lowest BCUT2D eigenvalue weighted by Crippen LogP contribution is -2.29. The Kier molecular flexibility index (Phi) is 6.97. The lowest BCUT2D eigenvalue weighted by atomic mass is 10.0. The number of likely N-dealkylation sites (N-methyl/N-ethyl adjacent to an activating group) is 1. The van der Waals surface area contributed by atoms with E-state index >= 15 is 0 Å². The van der Waals surface area contributed by atoms with Gasteiger partial charge in [0.1, 0.15) is 0 Å². The van der Waals surface area contributed by atoms with Crippen molar-refractivity contribution in [1.29, 1.82) is 5.26 Å². The van der Waals surface area contributed by atoms with Crippen molar-refractivity contribution in [2.45, 2.75) is 33.1 Å². The molecule has 0 bridgehead atoms. The van der Waals surface area contributed by atoms with Crippen molar-refractivity contribution in [3.05, 3.63) is 71.3 Å². The smallest absolute Gasteiger partial charge is 0.0972 e.